The molecular weight excluding hydrogens is 300 g/mol. The molecule has 4 nitrogen and oxygen atoms in total. The minimum atomic E-state index is -3.55. The van der Waals surface area contributed by atoms with Gasteiger partial charge in [-0.3, -0.25) is 0 Å². The van der Waals surface area contributed by atoms with Crippen LogP contribution < -0.4 is 5.73 Å². The summed E-state index contributed by atoms with van der Waals surface area (Å²) in [6, 6.07) is 6.68. The van der Waals surface area contributed by atoms with Crippen molar-refractivity contribution in [2.75, 3.05) is 18.6 Å². The number of benzene rings is 1. The van der Waals surface area contributed by atoms with Crippen LogP contribution in [0.15, 0.2) is 29.2 Å². The lowest BCUT2D eigenvalue weighted by molar-refractivity contribution is 0.394. The Morgan fingerprint density at radius 3 is 2.74 bits per heavy atom. The van der Waals surface area contributed by atoms with E-state index in [4.69, 9.17) is 18.0 Å². The van der Waals surface area contributed by atoms with E-state index in [0.29, 0.717) is 5.56 Å². The zero-order valence-electron chi connectivity index (χ0n) is 10.6. The van der Waals surface area contributed by atoms with Crippen LogP contribution in [0.2, 0.25) is 0 Å². The maximum Gasteiger partial charge on any atom is 0.243 e. The Hall–Kier alpha value is -0.630. The van der Waals surface area contributed by atoms with Crippen molar-refractivity contribution in [3.8, 4) is 0 Å². The summed E-state index contributed by atoms with van der Waals surface area (Å²) in [7, 11) is -1.92. The Balaban J connectivity index is 2.41. The van der Waals surface area contributed by atoms with E-state index in [-0.39, 0.29) is 15.9 Å². The van der Waals surface area contributed by atoms with Crippen molar-refractivity contribution in [1.29, 1.82) is 0 Å². The van der Waals surface area contributed by atoms with E-state index in [1.165, 1.54) is 4.31 Å². The van der Waals surface area contributed by atoms with Crippen LogP contribution in [0.25, 0.3) is 0 Å². The lowest BCUT2D eigenvalue weighted by Gasteiger charge is -2.24. The zero-order valence-corrected chi connectivity index (χ0v) is 13.0. The van der Waals surface area contributed by atoms with Gasteiger partial charge in [0.05, 0.1) is 4.90 Å². The number of nitrogens with two attached hydrogens (primary N) is 1. The van der Waals surface area contributed by atoms with Crippen LogP contribution >= 0.6 is 24.0 Å². The minimum Gasteiger partial charge on any atom is -0.389 e. The number of hydrogen-bond donors (Lipinski definition) is 1. The van der Waals surface area contributed by atoms with E-state index in [1.54, 1.807) is 43.1 Å². The molecule has 2 rings (SSSR count). The average molecular weight is 316 g/mol. The summed E-state index contributed by atoms with van der Waals surface area (Å²) >= 11 is 6.71. The highest BCUT2D eigenvalue weighted by atomic mass is 32.2. The smallest absolute Gasteiger partial charge is 0.243 e. The molecular formula is C12H16N2O2S3. The largest absolute Gasteiger partial charge is 0.389 e. The highest BCUT2D eigenvalue weighted by molar-refractivity contribution is 7.99. The summed E-state index contributed by atoms with van der Waals surface area (Å²) in [6.45, 7) is 0. The van der Waals surface area contributed by atoms with Gasteiger partial charge < -0.3 is 5.73 Å². The molecule has 0 aliphatic carbocycles. The Kier molecular flexibility index (Phi) is 4.50. The van der Waals surface area contributed by atoms with Gasteiger partial charge in [0.15, 0.2) is 0 Å². The normalized spacial score (nSPS) is 19.8. The first-order valence-electron chi connectivity index (χ1n) is 5.89. The second-order valence-corrected chi connectivity index (χ2v) is 7.95. The number of sulfonamides is 1. The van der Waals surface area contributed by atoms with Crippen molar-refractivity contribution < 1.29 is 8.42 Å². The van der Waals surface area contributed by atoms with Crippen molar-refractivity contribution in [2.45, 2.75) is 17.4 Å². The van der Waals surface area contributed by atoms with Crippen molar-refractivity contribution in [1.82, 2.24) is 4.31 Å². The lowest BCUT2D eigenvalue weighted by atomic mass is 10.2. The molecule has 104 valence electrons. The number of rotatable bonds is 4. The van der Waals surface area contributed by atoms with Gasteiger partial charge in [0, 0.05) is 24.4 Å². The predicted molar refractivity (Wildman–Crippen MR) is 83.0 cm³/mol. The molecule has 1 atom stereocenters. The fourth-order valence-corrected chi connectivity index (χ4v) is 5.25. The van der Waals surface area contributed by atoms with Crippen molar-refractivity contribution in [3.63, 3.8) is 0 Å². The fraction of sp³-hybridized carbons (Fsp3) is 0.417. The topological polar surface area (TPSA) is 63.4 Å². The molecule has 1 aromatic carbocycles. The molecule has 1 heterocycles. The van der Waals surface area contributed by atoms with E-state index < -0.39 is 10.0 Å². The van der Waals surface area contributed by atoms with Gasteiger partial charge in [-0.2, -0.15) is 16.1 Å². The molecule has 19 heavy (non-hydrogen) atoms. The Morgan fingerprint density at radius 2 is 2.16 bits per heavy atom. The molecule has 1 fully saturated rings. The van der Waals surface area contributed by atoms with Crippen LogP contribution in [0, 0.1) is 0 Å². The van der Waals surface area contributed by atoms with Crippen molar-refractivity contribution in [2.24, 2.45) is 5.73 Å². The van der Waals surface area contributed by atoms with Crippen LogP contribution in [-0.4, -0.2) is 42.3 Å². The quantitative estimate of drug-likeness (QED) is 0.852. The van der Waals surface area contributed by atoms with Gasteiger partial charge in [0.1, 0.15) is 4.99 Å². The van der Waals surface area contributed by atoms with Crippen LogP contribution in [0.3, 0.4) is 0 Å². The second kappa shape index (κ2) is 5.78. The fourth-order valence-electron chi connectivity index (χ4n) is 2.06. The van der Waals surface area contributed by atoms with E-state index in [0.717, 1.165) is 17.9 Å². The Bertz CT molecular complexity index is 580. The first-order chi connectivity index (χ1) is 8.94. The molecule has 0 saturated carbocycles. The SMILES string of the molecule is CN(C1CCSC1)S(=O)(=O)c1ccccc1C(N)=S. The van der Waals surface area contributed by atoms with Gasteiger partial charge in [-0.15, -0.1) is 0 Å². The van der Waals surface area contributed by atoms with Gasteiger partial charge in [0.25, 0.3) is 0 Å². The van der Waals surface area contributed by atoms with Crippen LogP contribution in [0.5, 0.6) is 0 Å². The highest BCUT2D eigenvalue weighted by Gasteiger charge is 2.31. The second-order valence-electron chi connectivity index (χ2n) is 4.40. The third-order valence-electron chi connectivity index (χ3n) is 3.23. The molecule has 1 aliphatic rings. The summed E-state index contributed by atoms with van der Waals surface area (Å²) in [5.74, 6) is 1.84. The van der Waals surface area contributed by atoms with E-state index in [9.17, 15) is 8.42 Å². The highest BCUT2D eigenvalue weighted by Crippen LogP contribution is 2.27. The molecule has 2 N–H and O–H groups in total. The summed E-state index contributed by atoms with van der Waals surface area (Å²) in [4.78, 5) is 0.301. The Morgan fingerprint density at radius 1 is 1.47 bits per heavy atom. The van der Waals surface area contributed by atoms with Crippen LogP contribution in [0.1, 0.15) is 12.0 Å². The number of nitrogens with zero attached hydrogens (tertiary/aromatic N) is 1. The van der Waals surface area contributed by atoms with Crippen LogP contribution in [0.4, 0.5) is 0 Å². The predicted octanol–water partition coefficient (Wildman–Crippen LogP) is 1.45. The lowest BCUT2D eigenvalue weighted by Crippen LogP contribution is -2.37. The minimum absolute atomic E-state index is 0.0504. The third-order valence-corrected chi connectivity index (χ3v) is 6.56. The third kappa shape index (κ3) is 2.94. The molecule has 0 aromatic heterocycles. The molecule has 1 unspecified atom stereocenters. The van der Waals surface area contributed by atoms with E-state index >= 15 is 0 Å². The monoisotopic (exact) mass is 316 g/mol. The Labute approximate surface area is 123 Å². The van der Waals surface area contributed by atoms with Gasteiger partial charge in [0.2, 0.25) is 10.0 Å². The number of thiocarbonyl (C=S) groups is 1. The summed E-state index contributed by atoms with van der Waals surface area (Å²) in [5, 5.41) is 0. The maximum absolute atomic E-state index is 12.6. The van der Waals surface area contributed by atoms with Crippen LogP contribution in [-0.2, 0) is 10.0 Å². The standard InChI is InChI=1S/C12H16N2O2S3/c1-14(9-6-7-18-8-9)19(15,16)11-5-3-2-4-10(11)12(13)17/h2-5,9H,6-8H2,1H3,(H2,13,17). The van der Waals surface area contributed by atoms with E-state index in [1.807, 2.05) is 0 Å². The molecule has 1 saturated heterocycles. The van der Waals surface area contributed by atoms with Crippen molar-refractivity contribution in [3.05, 3.63) is 29.8 Å². The molecule has 7 heteroatoms. The zero-order chi connectivity index (χ0) is 14.0. The molecule has 0 bridgehead atoms. The van der Waals surface area contributed by atoms with Gasteiger partial charge in [-0.1, -0.05) is 30.4 Å². The molecule has 0 amide bonds. The summed E-state index contributed by atoms with van der Waals surface area (Å²) < 4.78 is 26.7. The first-order valence-corrected chi connectivity index (χ1v) is 8.89. The molecule has 1 aliphatic heterocycles. The number of hydrogen-bond acceptors (Lipinski definition) is 4. The average Bonchev–Trinajstić information content (AvgIpc) is 2.91. The van der Waals surface area contributed by atoms with E-state index in [2.05, 4.69) is 0 Å². The first kappa shape index (κ1) is 14.8. The van der Waals surface area contributed by atoms with Crippen molar-refractivity contribution >= 4 is 39.0 Å². The van der Waals surface area contributed by atoms with Gasteiger partial charge in [-0.25, -0.2) is 8.42 Å². The maximum atomic E-state index is 12.6. The molecule has 0 spiro atoms. The number of thioether (sulfide) groups is 1. The van der Waals surface area contributed by atoms with Gasteiger partial charge in [-0.05, 0) is 18.2 Å². The molecule has 1 aromatic rings. The summed E-state index contributed by atoms with van der Waals surface area (Å²) in [6.07, 6.45) is 0.885. The molecule has 0 radical (unpaired) electrons. The summed E-state index contributed by atoms with van der Waals surface area (Å²) in [5.41, 5.74) is 6.02. The van der Waals surface area contributed by atoms with Gasteiger partial charge >= 0.3 is 0 Å².